The van der Waals surface area contributed by atoms with Gasteiger partial charge in [0.05, 0.1) is 6.61 Å². The summed E-state index contributed by atoms with van der Waals surface area (Å²) in [7, 11) is 2.11. The Morgan fingerprint density at radius 3 is 3.00 bits per heavy atom. The van der Waals surface area contributed by atoms with Crippen molar-refractivity contribution in [3.63, 3.8) is 0 Å². The molecule has 1 saturated carbocycles. The van der Waals surface area contributed by atoms with Gasteiger partial charge in [-0.2, -0.15) is 0 Å². The lowest BCUT2D eigenvalue weighted by molar-refractivity contribution is -0.137. The maximum atomic E-state index is 11.9. The van der Waals surface area contributed by atoms with E-state index in [9.17, 15) is 4.79 Å². The molecule has 3 nitrogen and oxygen atoms in total. The molecule has 1 unspecified atom stereocenters. The van der Waals surface area contributed by atoms with Gasteiger partial charge in [-0.05, 0) is 49.8 Å². The third kappa shape index (κ3) is 3.49. The minimum Gasteiger partial charge on any atom is -0.463 e. The Hall–Kier alpha value is -2.03. The monoisotopic (exact) mass is 311 g/mol. The quantitative estimate of drug-likeness (QED) is 0.617. The second-order valence-corrected chi connectivity index (χ2v) is 6.39. The van der Waals surface area contributed by atoms with Crippen molar-refractivity contribution in [3.8, 4) is 0 Å². The number of carbonyl (C=O) groups excluding carboxylic acids is 1. The molecule has 0 N–H and O–H groups in total. The van der Waals surface area contributed by atoms with Gasteiger partial charge in [0, 0.05) is 30.9 Å². The number of hydrogen-bond acceptors (Lipinski definition) is 3. The minimum absolute atomic E-state index is 0.195. The van der Waals surface area contributed by atoms with E-state index in [-0.39, 0.29) is 5.97 Å². The number of ether oxygens (including phenoxy) is 1. The third-order valence-electron chi connectivity index (χ3n) is 4.82. The van der Waals surface area contributed by atoms with E-state index >= 15 is 0 Å². The molecule has 0 aromatic heterocycles. The van der Waals surface area contributed by atoms with Gasteiger partial charge in [-0.1, -0.05) is 30.2 Å². The second-order valence-electron chi connectivity index (χ2n) is 6.39. The number of para-hydroxylation sites is 1. The van der Waals surface area contributed by atoms with Crippen molar-refractivity contribution in [2.24, 2.45) is 5.92 Å². The fourth-order valence-electron chi connectivity index (χ4n) is 3.77. The molecule has 1 heterocycles. The third-order valence-corrected chi connectivity index (χ3v) is 4.82. The van der Waals surface area contributed by atoms with Crippen LogP contribution in [0.25, 0.3) is 0 Å². The molecular formula is C20H25NO2. The number of nitrogens with zero attached hydrogens (tertiary/aromatic N) is 1. The standard InChI is InChI=1S/C20H25NO2/c1-3-23-20(22)13-15-8-4-6-10-18(15)17-12-16-9-5-7-11-19(16)21(2)14-17/h5,7,9,11,13-14,18H,3-4,6,8,10,12H2,1-2H3. The summed E-state index contributed by atoms with van der Waals surface area (Å²) in [4.78, 5) is 14.1. The number of fused-ring (bicyclic) bond motifs is 1. The van der Waals surface area contributed by atoms with Crippen molar-refractivity contribution in [2.75, 3.05) is 18.6 Å². The molecule has 122 valence electrons. The SMILES string of the molecule is CCOC(=O)C=C1CCCCC1C1=CN(C)c2ccccc2C1. The van der Waals surface area contributed by atoms with Crippen LogP contribution in [0.4, 0.5) is 5.69 Å². The summed E-state index contributed by atoms with van der Waals surface area (Å²) in [5.41, 5.74) is 5.31. The average molecular weight is 311 g/mol. The fraction of sp³-hybridized carbons (Fsp3) is 0.450. The van der Waals surface area contributed by atoms with Crippen LogP contribution >= 0.6 is 0 Å². The van der Waals surface area contributed by atoms with Crippen LogP contribution in [-0.4, -0.2) is 19.6 Å². The lowest BCUT2D eigenvalue weighted by Gasteiger charge is -2.33. The zero-order chi connectivity index (χ0) is 16.2. The number of rotatable bonds is 3. The largest absolute Gasteiger partial charge is 0.463 e. The van der Waals surface area contributed by atoms with E-state index in [4.69, 9.17) is 4.74 Å². The van der Waals surface area contributed by atoms with E-state index in [0.29, 0.717) is 12.5 Å². The van der Waals surface area contributed by atoms with Gasteiger partial charge in [0.15, 0.2) is 0 Å². The van der Waals surface area contributed by atoms with E-state index in [2.05, 4.69) is 42.4 Å². The molecule has 1 aliphatic carbocycles. The molecule has 23 heavy (non-hydrogen) atoms. The Morgan fingerprint density at radius 1 is 1.35 bits per heavy atom. The first-order chi connectivity index (χ1) is 11.2. The summed E-state index contributed by atoms with van der Waals surface area (Å²) < 4.78 is 5.11. The Kier molecular flexibility index (Phi) is 4.85. The highest BCUT2D eigenvalue weighted by Gasteiger charge is 2.26. The fourth-order valence-corrected chi connectivity index (χ4v) is 3.77. The van der Waals surface area contributed by atoms with Crippen LogP contribution in [-0.2, 0) is 16.0 Å². The highest BCUT2D eigenvalue weighted by Crippen LogP contribution is 2.39. The first kappa shape index (κ1) is 15.9. The van der Waals surface area contributed by atoms with E-state index in [1.807, 2.05) is 6.92 Å². The van der Waals surface area contributed by atoms with Gasteiger partial charge in [0.1, 0.15) is 0 Å². The number of anilines is 1. The lowest BCUT2D eigenvalue weighted by Crippen LogP contribution is -2.23. The van der Waals surface area contributed by atoms with E-state index in [1.165, 1.54) is 35.2 Å². The molecule has 0 amide bonds. The summed E-state index contributed by atoms with van der Waals surface area (Å²) >= 11 is 0. The van der Waals surface area contributed by atoms with Crippen molar-refractivity contribution in [1.82, 2.24) is 0 Å². The highest BCUT2D eigenvalue weighted by molar-refractivity contribution is 5.83. The Labute approximate surface area is 138 Å². The normalized spacial score (nSPS) is 22.5. The molecule has 1 fully saturated rings. The summed E-state index contributed by atoms with van der Waals surface area (Å²) in [5.74, 6) is 0.184. The molecule has 0 saturated heterocycles. The zero-order valence-corrected chi connectivity index (χ0v) is 14.0. The van der Waals surface area contributed by atoms with Crippen LogP contribution in [0.3, 0.4) is 0 Å². The minimum atomic E-state index is -0.195. The van der Waals surface area contributed by atoms with E-state index in [0.717, 1.165) is 19.3 Å². The van der Waals surface area contributed by atoms with Crippen molar-refractivity contribution in [1.29, 1.82) is 0 Å². The van der Waals surface area contributed by atoms with Crippen LogP contribution < -0.4 is 4.90 Å². The smallest absolute Gasteiger partial charge is 0.330 e. The predicted octanol–water partition coefficient (Wildman–Crippen LogP) is 4.24. The van der Waals surface area contributed by atoms with Crippen molar-refractivity contribution in [2.45, 2.75) is 39.0 Å². The molecule has 1 atom stereocenters. The molecule has 0 spiro atoms. The van der Waals surface area contributed by atoms with Gasteiger partial charge in [-0.25, -0.2) is 4.79 Å². The number of hydrogen-bond donors (Lipinski definition) is 0. The summed E-state index contributed by atoms with van der Waals surface area (Å²) in [6.07, 6.45) is 9.52. The second kappa shape index (κ2) is 7.03. The highest BCUT2D eigenvalue weighted by atomic mass is 16.5. The van der Waals surface area contributed by atoms with Gasteiger partial charge < -0.3 is 9.64 Å². The van der Waals surface area contributed by atoms with Crippen LogP contribution in [0.5, 0.6) is 0 Å². The molecule has 3 heteroatoms. The Morgan fingerprint density at radius 2 is 2.17 bits per heavy atom. The molecule has 2 aliphatic rings. The Bertz CT molecular complexity index is 645. The van der Waals surface area contributed by atoms with Gasteiger partial charge in [-0.3, -0.25) is 0 Å². The molecule has 1 aromatic rings. The van der Waals surface area contributed by atoms with Crippen molar-refractivity contribution >= 4 is 11.7 Å². The van der Waals surface area contributed by atoms with Gasteiger partial charge in [0.25, 0.3) is 0 Å². The van der Waals surface area contributed by atoms with Gasteiger partial charge in [-0.15, -0.1) is 0 Å². The maximum absolute atomic E-state index is 11.9. The van der Waals surface area contributed by atoms with Crippen LogP contribution in [0, 0.1) is 5.92 Å². The average Bonchev–Trinajstić information content (AvgIpc) is 2.55. The molecule has 3 rings (SSSR count). The summed E-state index contributed by atoms with van der Waals surface area (Å²) in [6.45, 7) is 2.29. The maximum Gasteiger partial charge on any atom is 0.330 e. The topological polar surface area (TPSA) is 29.5 Å². The van der Waals surface area contributed by atoms with E-state index in [1.54, 1.807) is 6.08 Å². The number of esters is 1. The van der Waals surface area contributed by atoms with Crippen LogP contribution in [0.15, 0.2) is 47.7 Å². The van der Waals surface area contributed by atoms with Crippen LogP contribution in [0.1, 0.15) is 38.2 Å². The van der Waals surface area contributed by atoms with E-state index < -0.39 is 0 Å². The number of carbonyl (C=O) groups is 1. The molecule has 1 aliphatic heterocycles. The zero-order valence-electron chi connectivity index (χ0n) is 14.0. The number of benzene rings is 1. The lowest BCUT2D eigenvalue weighted by atomic mass is 9.77. The molecular weight excluding hydrogens is 286 g/mol. The molecule has 0 bridgehead atoms. The van der Waals surface area contributed by atoms with Crippen molar-refractivity contribution < 1.29 is 9.53 Å². The number of allylic oxidation sites excluding steroid dienone is 2. The Balaban J connectivity index is 1.86. The molecule has 0 radical (unpaired) electrons. The first-order valence-electron chi connectivity index (χ1n) is 8.57. The van der Waals surface area contributed by atoms with Gasteiger partial charge in [0.2, 0.25) is 0 Å². The summed E-state index contributed by atoms with van der Waals surface area (Å²) in [5, 5.41) is 0. The van der Waals surface area contributed by atoms with Gasteiger partial charge >= 0.3 is 5.97 Å². The summed E-state index contributed by atoms with van der Waals surface area (Å²) in [6, 6.07) is 8.56. The first-order valence-corrected chi connectivity index (χ1v) is 8.57. The molecule has 1 aromatic carbocycles. The predicted molar refractivity (Wildman–Crippen MR) is 93.3 cm³/mol. The van der Waals surface area contributed by atoms with Crippen LogP contribution in [0.2, 0.25) is 0 Å². The van der Waals surface area contributed by atoms with Crippen molar-refractivity contribution in [3.05, 3.63) is 53.3 Å².